The molecule has 0 aliphatic rings. The van der Waals surface area contributed by atoms with Crippen LogP contribution in [0.25, 0.3) is 0 Å². The van der Waals surface area contributed by atoms with Gasteiger partial charge in [-0.15, -0.1) is 0 Å². The molecule has 6 heteroatoms. The van der Waals surface area contributed by atoms with Crippen LogP contribution in [0.2, 0.25) is 0 Å². The molecule has 1 rings (SSSR count). The summed E-state index contributed by atoms with van der Waals surface area (Å²) in [5.74, 6) is 2.04. The lowest BCUT2D eigenvalue weighted by molar-refractivity contribution is 0.557. The highest BCUT2D eigenvalue weighted by Gasteiger charge is 2.16. The van der Waals surface area contributed by atoms with E-state index in [-0.39, 0.29) is 6.04 Å². The van der Waals surface area contributed by atoms with Gasteiger partial charge in [0.15, 0.2) is 0 Å². The lowest BCUT2D eigenvalue weighted by Crippen LogP contribution is -2.33. The first-order valence-corrected chi connectivity index (χ1v) is 10.0. The van der Waals surface area contributed by atoms with Crippen molar-refractivity contribution in [1.82, 2.24) is 4.72 Å². The Bertz CT molecular complexity index is 474. The number of hydrogen-bond donors (Lipinski definition) is 1. The molecule has 0 saturated heterocycles. The Labute approximate surface area is 128 Å². The van der Waals surface area contributed by atoms with Crippen LogP contribution in [-0.2, 0) is 15.4 Å². The van der Waals surface area contributed by atoms with E-state index in [4.69, 9.17) is 0 Å². The zero-order chi connectivity index (χ0) is 14.3. The molecule has 1 aromatic carbocycles. The number of alkyl halides is 1. The Morgan fingerprint density at radius 3 is 2.47 bits per heavy atom. The van der Waals surface area contributed by atoms with E-state index >= 15 is 0 Å². The Balaban J connectivity index is 2.63. The number of nitrogens with one attached hydrogen (secondary N) is 1. The highest BCUT2D eigenvalue weighted by molar-refractivity contribution is 9.08. The van der Waals surface area contributed by atoms with Crippen LogP contribution in [-0.4, -0.2) is 26.0 Å². The van der Waals surface area contributed by atoms with Gasteiger partial charge >= 0.3 is 0 Å². The molecule has 3 nitrogen and oxygen atoms in total. The molecule has 1 aromatic rings. The topological polar surface area (TPSA) is 46.2 Å². The van der Waals surface area contributed by atoms with E-state index in [1.54, 1.807) is 12.1 Å². The second-order valence-corrected chi connectivity index (χ2v) is 7.95. The molecule has 108 valence electrons. The lowest BCUT2D eigenvalue weighted by atomic mass is 10.2. The minimum Gasteiger partial charge on any atom is -0.208 e. The molecule has 1 N–H and O–H groups in total. The second-order valence-electron chi connectivity index (χ2n) is 4.29. The van der Waals surface area contributed by atoms with E-state index in [1.165, 1.54) is 0 Å². The van der Waals surface area contributed by atoms with Crippen molar-refractivity contribution in [3.05, 3.63) is 29.8 Å². The smallest absolute Gasteiger partial charge is 0.208 e. The minimum atomic E-state index is -3.40. The summed E-state index contributed by atoms with van der Waals surface area (Å²) >= 11 is 5.16. The summed E-state index contributed by atoms with van der Waals surface area (Å²) in [6.45, 7) is 4.01. The van der Waals surface area contributed by atoms with Gasteiger partial charge in [-0.1, -0.05) is 35.0 Å². The fourth-order valence-corrected chi connectivity index (χ4v) is 4.01. The maximum atomic E-state index is 12.1. The summed E-state index contributed by atoms with van der Waals surface area (Å²) in [7, 11) is -3.40. The van der Waals surface area contributed by atoms with Crippen LogP contribution in [0, 0.1) is 0 Å². The average molecular weight is 366 g/mol. The Kier molecular flexibility index (Phi) is 7.42. The number of sulfonamides is 1. The van der Waals surface area contributed by atoms with Crippen molar-refractivity contribution in [2.75, 3.05) is 11.5 Å². The zero-order valence-electron chi connectivity index (χ0n) is 11.2. The van der Waals surface area contributed by atoms with Crippen molar-refractivity contribution in [3.63, 3.8) is 0 Å². The van der Waals surface area contributed by atoms with Crippen LogP contribution in [0.3, 0.4) is 0 Å². The van der Waals surface area contributed by atoms with Crippen LogP contribution < -0.4 is 4.72 Å². The normalized spacial score (nSPS) is 13.4. The third-order valence-electron chi connectivity index (χ3n) is 2.64. The highest BCUT2D eigenvalue weighted by atomic mass is 79.9. The highest BCUT2D eigenvalue weighted by Crippen LogP contribution is 2.14. The third kappa shape index (κ3) is 5.85. The summed E-state index contributed by atoms with van der Waals surface area (Å²) in [5, 5.41) is 0.728. The summed E-state index contributed by atoms with van der Waals surface area (Å²) in [6, 6.07) is 6.89. The summed E-state index contributed by atoms with van der Waals surface area (Å²) < 4.78 is 27.0. The van der Waals surface area contributed by atoms with Crippen molar-refractivity contribution in [2.45, 2.75) is 36.5 Å². The van der Waals surface area contributed by atoms with Gasteiger partial charge in [-0.05, 0) is 42.5 Å². The molecular formula is C13H20BrNO2S2. The number of halogens is 1. The molecule has 0 bridgehead atoms. The predicted octanol–water partition coefficient (Wildman–Crippen LogP) is 3.39. The van der Waals surface area contributed by atoms with Gasteiger partial charge in [0.2, 0.25) is 10.0 Å². The van der Waals surface area contributed by atoms with Crippen LogP contribution in [0.4, 0.5) is 0 Å². The zero-order valence-corrected chi connectivity index (χ0v) is 14.4. The van der Waals surface area contributed by atoms with Crippen LogP contribution in [0.15, 0.2) is 29.2 Å². The first-order valence-electron chi connectivity index (χ1n) is 6.24. The van der Waals surface area contributed by atoms with Gasteiger partial charge in [0.25, 0.3) is 0 Å². The van der Waals surface area contributed by atoms with E-state index in [9.17, 15) is 8.42 Å². The van der Waals surface area contributed by atoms with Gasteiger partial charge in [-0.2, -0.15) is 11.8 Å². The van der Waals surface area contributed by atoms with Crippen molar-refractivity contribution in [1.29, 1.82) is 0 Å². The maximum absolute atomic E-state index is 12.1. The molecule has 0 aromatic heterocycles. The molecule has 0 amide bonds. The van der Waals surface area contributed by atoms with Crippen molar-refractivity contribution in [3.8, 4) is 0 Å². The molecule has 1 atom stereocenters. The van der Waals surface area contributed by atoms with Crippen molar-refractivity contribution in [2.24, 2.45) is 0 Å². The fraction of sp³-hybridized carbons (Fsp3) is 0.538. The SMILES string of the molecule is CCSCCC(C)NS(=O)(=O)c1ccc(CBr)cc1. The number of rotatable bonds is 8. The second kappa shape index (κ2) is 8.29. The summed E-state index contributed by atoms with van der Waals surface area (Å²) in [4.78, 5) is 0.326. The predicted molar refractivity (Wildman–Crippen MR) is 86.5 cm³/mol. The van der Waals surface area contributed by atoms with E-state index in [1.807, 2.05) is 30.8 Å². The van der Waals surface area contributed by atoms with Gasteiger partial charge in [0, 0.05) is 11.4 Å². The van der Waals surface area contributed by atoms with E-state index in [0.29, 0.717) is 4.90 Å². The third-order valence-corrected chi connectivity index (χ3v) is 5.83. The van der Waals surface area contributed by atoms with Gasteiger partial charge in [-0.3, -0.25) is 0 Å². The number of hydrogen-bond acceptors (Lipinski definition) is 3. The van der Waals surface area contributed by atoms with Gasteiger partial charge in [0.05, 0.1) is 4.90 Å². The van der Waals surface area contributed by atoms with Crippen LogP contribution in [0.1, 0.15) is 25.8 Å². The van der Waals surface area contributed by atoms with E-state index in [2.05, 4.69) is 27.6 Å². The molecule has 0 spiro atoms. The molecule has 0 aliphatic heterocycles. The Morgan fingerprint density at radius 1 is 1.32 bits per heavy atom. The molecule has 0 heterocycles. The van der Waals surface area contributed by atoms with Crippen molar-refractivity contribution < 1.29 is 8.42 Å². The molecule has 1 unspecified atom stereocenters. The van der Waals surface area contributed by atoms with Gasteiger partial charge in [-0.25, -0.2) is 13.1 Å². The van der Waals surface area contributed by atoms with Crippen LogP contribution in [0.5, 0.6) is 0 Å². The molecular weight excluding hydrogens is 346 g/mol. The van der Waals surface area contributed by atoms with Gasteiger partial charge in [0.1, 0.15) is 0 Å². The standard InChI is InChI=1S/C13H20BrNO2S2/c1-3-18-9-8-11(2)15-19(16,17)13-6-4-12(10-14)5-7-13/h4-7,11,15H,3,8-10H2,1-2H3. The van der Waals surface area contributed by atoms with E-state index in [0.717, 1.165) is 28.8 Å². The first-order chi connectivity index (χ1) is 8.99. The average Bonchev–Trinajstić information content (AvgIpc) is 2.38. The molecule has 0 saturated carbocycles. The summed E-state index contributed by atoms with van der Waals surface area (Å²) in [6.07, 6.45) is 0.844. The quantitative estimate of drug-likeness (QED) is 0.567. The van der Waals surface area contributed by atoms with E-state index < -0.39 is 10.0 Å². The Morgan fingerprint density at radius 2 is 1.95 bits per heavy atom. The minimum absolute atomic E-state index is 0.0418. The number of thioether (sulfide) groups is 1. The largest absolute Gasteiger partial charge is 0.240 e. The first kappa shape index (κ1) is 17.0. The van der Waals surface area contributed by atoms with Gasteiger partial charge < -0.3 is 0 Å². The monoisotopic (exact) mass is 365 g/mol. The number of benzene rings is 1. The molecule has 0 fully saturated rings. The molecule has 0 radical (unpaired) electrons. The van der Waals surface area contributed by atoms with Crippen molar-refractivity contribution >= 4 is 37.7 Å². The Hall–Kier alpha value is -0.0400. The lowest BCUT2D eigenvalue weighted by Gasteiger charge is -2.14. The molecule has 19 heavy (non-hydrogen) atoms. The maximum Gasteiger partial charge on any atom is 0.240 e. The fourth-order valence-electron chi connectivity index (χ4n) is 1.55. The molecule has 0 aliphatic carbocycles. The summed E-state index contributed by atoms with van der Waals surface area (Å²) in [5.41, 5.74) is 1.06. The van der Waals surface area contributed by atoms with Crippen LogP contribution >= 0.6 is 27.7 Å².